The first-order valence-electron chi connectivity index (χ1n) is 10.4. The summed E-state index contributed by atoms with van der Waals surface area (Å²) in [5, 5.41) is 14.2. The maximum Gasteiger partial charge on any atom is 0.335 e. The van der Waals surface area contributed by atoms with Crippen LogP contribution in [0.2, 0.25) is 0 Å². The third kappa shape index (κ3) is 4.93. The molecule has 4 N–H and O–H groups in total. The van der Waals surface area contributed by atoms with E-state index in [-0.39, 0.29) is 11.4 Å². The molecule has 2 aromatic carbocycles. The Balaban J connectivity index is 1.80. The van der Waals surface area contributed by atoms with Crippen LogP contribution in [0.25, 0.3) is 5.69 Å². The third-order valence-corrected chi connectivity index (χ3v) is 5.14. The highest BCUT2D eigenvalue weighted by atomic mass is 16.3. The maximum absolute atomic E-state index is 12.8. The van der Waals surface area contributed by atoms with Crippen molar-refractivity contribution in [2.75, 3.05) is 11.9 Å². The first-order valence-corrected chi connectivity index (χ1v) is 10.4. The monoisotopic (exact) mass is 444 g/mol. The van der Waals surface area contributed by atoms with Gasteiger partial charge in [0.1, 0.15) is 11.4 Å². The van der Waals surface area contributed by atoms with Crippen molar-refractivity contribution < 1.29 is 5.11 Å². The number of benzene rings is 2. The average molecular weight is 444 g/mol. The molecular formula is C24H24N6O3. The zero-order valence-corrected chi connectivity index (χ0v) is 18.3. The number of nitrogens with one attached hydrogen (secondary N) is 3. The average Bonchev–Trinajstić information content (AvgIpc) is 3.30. The molecule has 0 fully saturated rings. The molecule has 0 unspecified atom stereocenters. The minimum absolute atomic E-state index is 0.125. The Kier molecular flexibility index (Phi) is 6.21. The third-order valence-electron chi connectivity index (χ3n) is 5.14. The molecule has 0 radical (unpaired) electrons. The predicted octanol–water partition coefficient (Wildman–Crippen LogP) is 2.67. The van der Waals surface area contributed by atoms with Gasteiger partial charge in [-0.05, 0) is 38.1 Å². The van der Waals surface area contributed by atoms with Crippen molar-refractivity contribution in [1.82, 2.24) is 19.5 Å². The van der Waals surface area contributed by atoms with Gasteiger partial charge in [-0.25, -0.2) is 14.3 Å². The fourth-order valence-corrected chi connectivity index (χ4v) is 3.34. The number of aliphatic imine (C=N–C) groups is 1. The molecule has 2 heterocycles. The van der Waals surface area contributed by atoms with Gasteiger partial charge in [-0.15, -0.1) is 0 Å². The van der Waals surface area contributed by atoms with Crippen molar-refractivity contribution in [2.45, 2.75) is 20.3 Å². The number of rotatable bonds is 6. The molecule has 0 saturated carbocycles. The summed E-state index contributed by atoms with van der Waals surface area (Å²) in [6, 6.07) is 14.6. The zero-order chi connectivity index (χ0) is 23.4. The van der Waals surface area contributed by atoms with Crippen molar-refractivity contribution >= 4 is 11.5 Å². The molecule has 4 rings (SSSR count). The lowest BCUT2D eigenvalue weighted by Gasteiger charge is -2.15. The van der Waals surface area contributed by atoms with Gasteiger partial charge in [0.05, 0.1) is 12.0 Å². The van der Waals surface area contributed by atoms with Gasteiger partial charge in [-0.2, -0.15) is 0 Å². The van der Waals surface area contributed by atoms with Gasteiger partial charge in [0.25, 0.3) is 5.56 Å². The van der Waals surface area contributed by atoms with Crippen molar-refractivity contribution in [1.29, 1.82) is 0 Å². The fraction of sp³-hybridized carbons (Fsp3) is 0.167. The lowest BCUT2D eigenvalue weighted by Crippen LogP contribution is -2.35. The van der Waals surface area contributed by atoms with Gasteiger partial charge in [0, 0.05) is 30.5 Å². The van der Waals surface area contributed by atoms with E-state index in [2.05, 4.69) is 25.3 Å². The first-order chi connectivity index (χ1) is 15.9. The van der Waals surface area contributed by atoms with Gasteiger partial charge in [0.2, 0.25) is 5.88 Å². The first kappa shape index (κ1) is 21.8. The topological polar surface area (TPSA) is 128 Å². The molecule has 9 heteroatoms. The van der Waals surface area contributed by atoms with Crippen LogP contribution in [-0.2, 0) is 6.42 Å². The number of aromatic hydroxyl groups is 1. The van der Waals surface area contributed by atoms with E-state index in [1.165, 1.54) is 0 Å². The van der Waals surface area contributed by atoms with Crippen LogP contribution in [0, 0.1) is 13.8 Å². The molecule has 0 amide bonds. The van der Waals surface area contributed by atoms with Gasteiger partial charge in [0.15, 0.2) is 0 Å². The molecule has 0 bridgehead atoms. The highest BCUT2D eigenvalue weighted by Gasteiger charge is 2.21. The van der Waals surface area contributed by atoms with Crippen LogP contribution in [0.15, 0.2) is 75.6 Å². The summed E-state index contributed by atoms with van der Waals surface area (Å²) >= 11 is 0. The number of imidazole rings is 1. The van der Waals surface area contributed by atoms with E-state index in [0.29, 0.717) is 24.3 Å². The Morgan fingerprint density at radius 3 is 2.36 bits per heavy atom. The number of nitrogens with zero attached hydrogens (tertiary/aromatic N) is 3. The molecule has 0 aliphatic carbocycles. The van der Waals surface area contributed by atoms with Crippen LogP contribution in [0.1, 0.15) is 22.4 Å². The summed E-state index contributed by atoms with van der Waals surface area (Å²) in [4.78, 5) is 39.2. The normalized spacial score (nSPS) is 11.5. The van der Waals surface area contributed by atoms with Crippen molar-refractivity contribution in [3.63, 3.8) is 0 Å². The second-order valence-corrected chi connectivity index (χ2v) is 7.68. The van der Waals surface area contributed by atoms with Crippen LogP contribution < -0.4 is 16.6 Å². The number of aromatic amines is 2. The van der Waals surface area contributed by atoms with E-state index >= 15 is 0 Å². The lowest BCUT2D eigenvalue weighted by molar-refractivity contribution is 0.429. The van der Waals surface area contributed by atoms with Gasteiger partial charge in [-0.1, -0.05) is 35.4 Å². The zero-order valence-electron chi connectivity index (χ0n) is 18.3. The largest absolute Gasteiger partial charge is 0.493 e. The highest BCUT2D eigenvalue weighted by molar-refractivity contribution is 6.09. The number of aryl methyl sites for hydroxylation is 2. The molecule has 2 aromatic heterocycles. The number of hydrogen-bond donors (Lipinski definition) is 4. The molecule has 0 aliphatic heterocycles. The summed E-state index contributed by atoms with van der Waals surface area (Å²) in [5.41, 5.74) is 2.47. The Labute approximate surface area is 189 Å². The molecule has 0 aliphatic rings. The van der Waals surface area contributed by atoms with Crippen LogP contribution in [-0.4, -0.2) is 37.0 Å². The molecule has 0 spiro atoms. The Morgan fingerprint density at radius 1 is 1.06 bits per heavy atom. The summed E-state index contributed by atoms with van der Waals surface area (Å²) < 4.78 is 1.05. The van der Waals surface area contributed by atoms with Crippen molar-refractivity contribution in [3.05, 3.63) is 104 Å². The van der Waals surface area contributed by atoms with Crippen molar-refractivity contribution in [3.8, 4) is 11.6 Å². The molecule has 9 nitrogen and oxygen atoms in total. The number of aromatic nitrogens is 4. The molecule has 4 aromatic rings. The minimum atomic E-state index is -0.739. The van der Waals surface area contributed by atoms with Crippen LogP contribution >= 0.6 is 0 Å². The SMILES string of the molecule is Cc1ccc(NC(=NCCc2cnc[nH]2)c2c(O)n(-c3ccc(C)cc3)c(=O)[nH]c2=O)cc1. The van der Waals surface area contributed by atoms with E-state index in [1.54, 1.807) is 24.7 Å². The van der Waals surface area contributed by atoms with E-state index in [4.69, 9.17) is 0 Å². The molecule has 0 saturated heterocycles. The second kappa shape index (κ2) is 9.39. The van der Waals surface area contributed by atoms with Gasteiger partial charge in [-0.3, -0.25) is 14.8 Å². The second-order valence-electron chi connectivity index (χ2n) is 7.68. The Hall–Kier alpha value is -4.40. The minimum Gasteiger partial charge on any atom is -0.493 e. The highest BCUT2D eigenvalue weighted by Crippen LogP contribution is 2.19. The lowest BCUT2D eigenvalue weighted by atomic mass is 10.2. The van der Waals surface area contributed by atoms with Crippen LogP contribution in [0.3, 0.4) is 0 Å². The van der Waals surface area contributed by atoms with E-state index in [9.17, 15) is 14.7 Å². The summed E-state index contributed by atoms with van der Waals surface area (Å²) in [7, 11) is 0. The van der Waals surface area contributed by atoms with E-state index in [0.717, 1.165) is 21.4 Å². The van der Waals surface area contributed by atoms with Gasteiger partial charge < -0.3 is 15.4 Å². The van der Waals surface area contributed by atoms with Crippen molar-refractivity contribution in [2.24, 2.45) is 4.99 Å². The molecule has 33 heavy (non-hydrogen) atoms. The van der Waals surface area contributed by atoms with E-state index in [1.807, 2.05) is 50.2 Å². The van der Waals surface area contributed by atoms with Crippen LogP contribution in [0.4, 0.5) is 5.69 Å². The maximum atomic E-state index is 12.8. The molecule has 168 valence electrons. The summed E-state index contributed by atoms with van der Waals surface area (Å²) in [6.07, 6.45) is 3.83. The quantitative estimate of drug-likeness (QED) is 0.269. The Morgan fingerprint density at radius 2 is 1.73 bits per heavy atom. The standard InChI is InChI=1S/C24H24N6O3/c1-15-3-7-17(8-4-15)28-21(26-12-11-18-13-25-14-27-18)20-22(31)29-24(33)30(23(20)32)19-9-5-16(2)6-10-19/h3-10,13-14,32H,11-12H2,1-2H3,(H,25,27)(H,26,28)(H,29,31,33). The number of amidine groups is 1. The number of anilines is 1. The van der Waals surface area contributed by atoms with Gasteiger partial charge >= 0.3 is 5.69 Å². The smallest absolute Gasteiger partial charge is 0.335 e. The number of H-pyrrole nitrogens is 2. The Bertz CT molecular complexity index is 1380. The molecule has 0 atom stereocenters. The summed E-state index contributed by atoms with van der Waals surface area (Å²) in [6.45, 7) is 4.21. The van der Waals surface area contributed by atoms with E-state index < -0.39 is 17.1 Å². The van der Waals surface area contributed by atoms with Crippen LogP contribution in [0.5, 0.6) is 5.88 Å². The fourth-order valence-electron chi connectivity index (χ4n) is 3.34. The number of hydrogen-bond acceptors (Lipinski definition) is 5. The predicted molar refractivity (Wildman–Crippen MR) is 128 cm³/mol. The summed E-state index contributed by atoms with van der Waals surface area (Å²) in [5.74, 6) is -0.342. The molecular weight excluding hydrogens is 420 g/mol.